The first kappa shape index (κ1) is 14.6. The number of aromatic nitrogens is 1. The van der Waals surface area contributed by atoms with Crippen molar-refractivity contribution < 1.29 is 14.3 Å². The van der Waals surface area contributed by atoms with Gasteiger partial charge in [-0.1, -0.05) is 11.6 Å². The van der Waals surface area contributed by atoms with Crippen molar-refractivity contribution in [2.24, 2.45) is 0 Å². The molecule has 19 heavy (non-hydrogen) atoms. The number of nitrogens with zero attached hydrogens (tertiary/aromatic N) is 2. The molecule has 0 aromatic carbocycles. The van der Waals surface area contributed by atoms with Crippen LogP contribution in [0.3, 0.4) is 0 Å². The number of halogens is 2. The van der Waals surface area contributed by atoms with Gasteiger partial charge in [-0.05, 0) is 22.0 Å². The fraction of sp³-hybridized carbons (Fsp3) is 0.500. The van der Waals surface area contributed by atoms with Crippen molar-refractivity contribution in [1.29, 1.82) is 0 Å². The van der Waals surface area contributed by atoms with Crippen molar-refractivity contribution in [1.82, 2.24) is 4.98 Å². The van der Waals surface area contributed by atoms with Crippen LogP contribution in [0.1, 0.15) is 6.42 Å². The van der Waals surface area contributed by atoms with Crippen LogP contribution in [-0.2, 0) is 14.3 Å². The summed E-state index contributed by atoms with van der Waals surface area (Å²) in [6.45, 7) is 1.81. The molecular weight excluding hydrogens is 336 g/mol. The molecule has 0 aliphatic carbocycles. The molecule has 0 spiro atoms. The zero-order chi connectivity index (χ0) is 13.8. The van der Waals surface area contributed by atoms with E-state index in [0.29, 0.717) is 30.5 Å². The standard InChI is InChI=1S/C12H14BrClN2O3/c1-18-11(17)5-9-7-16(2-3-19-9)12-10(14)4-8(13)6-15-12/h4,6,9H,2-3,5,7H2,1H3. The average Bonchev–Trinajstić information content (AvgIpc) is 2.39. The van der Waals surface area contributed by atoms with E-state index in [9.17, 15) is 4.79 Å². The van der Waals surface area contributed by atoms with Crippen LogP contribution in [0.15, 0.2) is 16.7 Å². The summed E-state index contributed by atoms with van der Waals surface area (Å²) in [5.74, 6) is 0.435. The molecule has 104 valence electrons. The lowest BCUT2D eigenvalue weighted by Gasteiger charge is -2.33. The van der Waals surface area contributed by atoms with Crippen LogP contribution in [0.2, 0.25) is 5.02 Å². The minimum Gasteiger partial charge on any atom is -0.469 e. The number of carbonyl (C=O) groups excluding carboxylic acids is 1. The molecule has 0 N–H and O–H groups in total. The predicted octanol–water partition coefficient (Wildman–Crippen LogP) is 2.27. The first-order valence-corrected chi connectivity index (χ1v) is 7.01. The monoisotopic (exact) mass is 348 g/mol. The topological polar surface area (TPSA) is 51.7 Å². The fourth-order valence-electron chi connectivity index (χ4n) is 1.94. The molecule has 1 unspecified atom stereocenters. The lowest BCUT2D eigenvalue weighted by Crippen LogP contribution is -2.44. The summed E-state index contributed by atoms with van der Waals surface area (Å²) in [5.41, 5.74) is 0. The molecule has 1 aromatic rings. The van der Waals surface area contributed by atoms with Crippen molar-refractivity contribution in [3.05, 3.63) is 21.8 Å². The van der Waals surface area contributed by atoms with Gasteiger partial charge in [-0.3, -0.25) is 4.79 Å². The molecule has 5 nitrogen and oxygen atoms in total. The Morgan fingerprint density at radius 3 is 3.21 bits per heavy atom. The van der Waals surface area contributed by atoms with Gasteiger partial charge < -0.3 is 14.4 Å². The third kappa shape index (κ3) is 3.81. The fourth-order valence-corrected chi connectivity index (χ4v) is 2.69. The molecule has 2 rings (SSSR count). The van der Waals surface area contributed by atoms with Crippen molar-refractivity contribution in [3.8, 4) is 0 Å². The van der Waals surface area contributed by atoms with Crippen LogP contribution in [-0.4, -0.2) is 43.9 Å². The molecule has 1 aliphatic rings. The van der Waals surface area contributed by atoms with Crippen LogP contribution in [0, 0.1) is 0 Å². The van der Waals surface area contributed by atoms with Crippen LogP contribution < -0.4 is 4.90 Å². The SMILES string of the molecule is COC(=O)CC1CN(c2ncc(Br)cc2Cl)CCO1. The third-order valence-corrected chi connectivity index (χ3v) is 3.56. The summed E-state index contributed by atoms with van der Waals surface area (Å²) < 4.78 is 11.0. The van der Waals surface area contributed by atoms with E-state index in [-0.39, 0.29) is 18.5 Å². The Morgan fingerprint density at radius 2 is 2.53 bits per heavy atom. The van der Waals surface area contributed by atoms with Crippen molar-refractivity contribution in [3.63, 3.8) is 0 Å². The maximum Gasteiger partial charge on any atom is 0.308 e. The first-order chi connectivity index (χ1) is 9.10. The van der Waals surface area contributed by atoms with E-state index in [1.54, 1.807) is 12.3 Å². The number of hydrogen-bond acceptors (Lipinski definition) is 5. The third-order valence-electron chi connectivity index (χ3n) is 2.85. The molecular formula is C12H14BrClN2O3. The number of anilines is 1. The van der Waals surface area contributed by atoms with E-state index in [2.05, 4.69) is 25.7 Å². The van der Waals surface area contributed by atoms with E-state index in [1.165, 1.54) is 7.11 Å². The van der Waals surface area contributed by atoms with Crippen LogP contribution in [0.5, 0.6) is 0 Å². The van der Waals surface area contributed by atoms with Crippen molar-refractivity contribution in [2.45, 2.75) is 12.5 Å². The average molecular weight is 350 g/mol. The highest BCUT2D eigenvalue weighted by molar-refractivity contribution is 9.10. The Bertz CT molecular complexity index is 472. The van der Waals surface area contributed by atoms with E-state index in [0.717, 1.165) is 4.47 Å². The Kier molecular flexibility index (Phi) is 5.01. The van der Waals surface area contributed by atoms with E-state index in [4.69, 9.17) is 16.3 Å². The minimum absolute atomic E-state index is 0.192. The molecule has 1 fully saturated rings. The number of pyridine rings is 1. The van der Waals surface area contributed by atoms with Gasteiger partial charge >= 0.3 is 5.97 Å². The van der Waals surface area contributed by atoms with Gasteiger partial charge in [0.25, 0.3) is 0 Å². The summed E-state index contributed by atoms with van der Waals surface area (Å²) in [7, 11) is 1.37. The Morgan fingerprint density at radius 1 is 1.74 bits per heavy atom. The number of rotatable bonds is 3. The maximum absolute atomic E-state index is 11.3. The minimum atomic E-state index is -0.276. The van der Waals surface area contributed by atoms with Gasteiger partial charge in [-0.15, -0.1) is 0 Å². The number of methoxy groups -OCH3 is 1. The molecule has 7 heteroatoms. The molecule has 0 bridgehead atoms. The zero-order valence-corrected chi connectivity index (χ0v) is 12.8. The van der Waals surface area contributed by atoms with Crippen molar-refractivity contribution in [2.75, 3.05) is 31.7 Å². The van der Waals surface area contributed by atoms with E-state index < -0.39 is 0 Å². The summed E-state index contributed by atoms with van der Waals surface area (Å²) in [6, 6.07) is 1.80. The second-order valence-corrected chi connectivity index (χ2v) is 5.50. The summed E-state index contributed by atoms with van der Waals surface area (Å²) in [5, 5.41) is 0.577. The summed E-state index contributed by atoms with van der Waals surface area (Å²) in [6.07, 6.45) is 1.75. The maximum atomic E-state index is 11.3. The Labute approximate surface area is 125 Å². The van der Waals surface area contributed by atoms with E-state index in [1.807, 2.05) is 4.90 Å². The number of carbonyl (C=O) groups is 1. The van der Waals surface area contributed by atoms with Gasteiger partial charge in [0.05, 0.1) is 31.3 Å². The zero-order valence-electron chi connectivity index (χ0n) is 10.4. The highest BCUT2D eigenvalue weighted by Crippen LogP contribution is 2.27. The van der Waals surface area contributed by atoms with Gasteiger partial charge in [0, 0.05) is 23.8 Å². The Hall–Kier alpha value is -0.850. The second-order valence-electron chi connectivity index (χ2n) is 4.18. The number of hydrogen-bond donors (Lipinski definition) is 0. The second kappa shape index (κ2) is 6.54. The number of ether oxygens (including phenoxy) is 2. The molecule has 0 radical (unpaired) electrons. The normalized spacial score (nSPS) is 19.3. The molecule has 1 atom stereocenters. The summed E-state index contributed by atoms with van der Waals surface area (Å²) in [4.78, 5) is 17.6. The van der Waals surface area contributed by atoms with Gasteiger partial charge in [0.15, 0.2) is 0 Å². The van der Waals surface area contributed by atoms with Crippen LogP contribution >= 0.6 is 27.5 Å². The van der Waals surface area contributed by atoms with Gasteiger partial charge in [0.2, 0.25) is 0 Å². The molecule has 1 aliphatic heterocycles. The van der Waals surface area contributed by atoms with Gasteiger partial charge in [-0.2, -0.15) is 0 Å². The van der Waals surface area contributed by atoms with E-state index >= 15 is 0 Å². The highest BCUT2D eigenvalue weighted by Gasteiger charge is 2.25. The quantitative estimate of drug-likeness (QED) is 0.784. The molecule has 0 amide bonds. The number of morpholine rings is 1. The summed E-state index contributed by atoms with van der Waals surface area (Å²) >= 11 is 9.50. The smallest absolute Gasteiger partial charge is 0.308 e. The first-order valence-electron chi connectivity index (χ1n) is 5.84. The lowest BCUT2D eigenvalue weighted by molar-refractivity contribution is -0.144. The molecule has 1 aromatic heterocycles. The predicted molar refractivity (Wildman–Crippen MR) is 75.5 cm³/mol. The lowest BCUT2D eigenvalue weighted by atomic mass is 10.2. The van der Waals surface area contributed by atoms with Crippen LogP contribution in [0.25, 0.3) is 0 Å². The largest absolute Gasteiger partial charge is 0.469 e. The molecule has 1 saturated heterocycles. The molecule has 2 heterocycles. The van der Waals surface area contributed by atoms with Gasteiger partial charge in [0.1, 0.15) is 5.82 Å². The highest BCUT2D eigenvalue weighted by atomic mass is 79.9. The van der Waals surface area contributed by atoms with Crippen molar-refractivity contribution >= 4 is 39.3 Å². The Balaban J connectivity index is 2.06. The van der Waals surface area contributed by atoms with Crippen LogP contribution in [0.4, 0.5) is 5.82 Å². The van der Waals surface area contributed by atoms with Gasteiger partial charge in [-0.25, -0.2) is 4.98 Å². The number of esters is 1. The molecule has 0 saturated carbocycles.